The number of carbonyl (C=O) groups is 1. The van der Waals surface area contributed by atoms with Crippen molar-refractivity contribution in [1.82, 2.24) is 10.3 Å². The molecule has 0 aliphatic carbocycles. The van der Waals surface area contributed by atoms with E-state index in [9.17, 15) is 9.59 Å². The Balaban J connectivity index is 2.22. The van der Waals surface area contributed by atoms with E-state index in [1.807, 2.05) is 26.0 Å². The van der Waals surface area contributed by atoms with Gasteiger partial charge in [-0.2, -0.15) is 0 Å². The lowest BCUT2D eigenvalue weighted by Crippen LogP contribution is -2.27. The third-order valence-electron chi connectivity index (χ3n) is 4.53. The zero-order chi connectivity index (χ0) is 19.8. The second kappa shape index (κ2) is 7.06. The van der Waals surface area contributed by atoms with Crippen LogP contribution in [-0.4, -0.2) is 17.4 Å². The van der Waals surface area contributed by atoms with Crippen LogP contribution in [0, 0.1) is 5.92 Å². The highest BCUT2D eigenvalue weighted by Gasteiger charge is 2.24. The van der Waals surface area contributed by atoms with Crippen molar-refractivity contribution < 1.29 is 9.21 Å². The molecule has 1 amide bonds. The van der Waals surface area contributed by atoms with E-state index in [0.717, 1.165) is 16.5 Å². The minimum atomic E-state index is -0.209. The third kappa shape index (κ3) is 3.82. The SMILES string of the molecule is CC(C)CNC(=O)c1coc2c(C(C)(C)C)cc(-c3ccc[nH]c3=O)cc12. The van der Waals surface area contributed by atoms with Crippen LogP contribution in [0.15, 0.2) is 45.9 Å². The van der Waals surface area contributed by atoms with Gasteiger partial charge in [0.1, 0.15) is 11.8 Å². The van der Waals surface area contributed by atoms with Crippen LogP contribution in [0.2, 0.25) is 0 Å². The zero-order valence-corrected chi connectivity index (χ0v) is 16.5. The van der Waals surface area contributed by atoms with Gasteiger partial charge in [-0.15, -0.1) is 0 Å². The van der Waals surface area contributed by atoms with Crippen molar-refractivity contribution in [2.24, 2.45) is 5.92 Å². The average Bonchev–Trinajstić information content (AvgIpc) is 3.02. The number of amides is 1. The highest BCUT2D eigenvalue weighted by atomic mass is 16.3. The molecule has 0 atom stereocenters. The molecule has 0 bridgehead atoms. The van der Waals surface area contributed by atoms with Crippen molar-refractivity contribution in [2.45, 2.75) is 40.0 Å². The lowest BCUT2D eigenvalue weighted by Gasteiger charge is -2.20. The first-order chi connectivity index (χ1) is 12.7. The van der Waals surface area contributed by atoms with E-state index in [4.69, 9.17) is 4.42 Å². The highest BCUT2D eigenvalue weighted by Crippen LogP contribution is 2.36. The normalized spacial score (nSPS) is 11.9. The van der Waals surface area contributed by atoms with E-state index in [2.05, 4.69) is 31.1 Å². The molecule has 0 radical (unpaired) electrons. The van der Waals surface area contributed by atoms with Crippen molar-refractivity contribution in [2.75, 3.05) is 6.54 Å². The number of nitrogens with one attached hydrogen (secondary N) is 2. The van der Waals surface area contributed by atoms with Crippen molar-refractivity contribution in [1.29, 1.82) is 0 Å². The van der Waals surface area contributed by atoms with Crippen LogP contribution >= 0.6 is 0 Å². The molecule has 3 aromatic rings. The number of fused-ring (bicyclic) bond motifs is 1. The van der Waals surface area contributed by atoms with Crippen molar-refractivity contribution in [3.8, 4) is 11.1 Å². The van der Waals surface area contributed by atoms with Gasteiger partial charge < -0.3 is 14.7 Å². The molecule has 2 N–H and O–H groups in total. The molecular formula is C22H26N2O3. The topological polar surface area (TPSA) is 75.1 Å². The molecule has 2 aromatic heterocycles. The number of aromatic nitrogens is 1. The summed E-state index contributed by atoms with van der Waals surface area (Å²) >= 11 is 0. The van der Waals surface area contributed by atoms with Crippen LogP contribution in [0.5, 0.6) is 0 Å². The molecule has 1 aromatic carbocycles. The number of H-pyrrole nitrogens is 1. The summed E-state index contributed by atoms with van der Waals surface area (Å²) in [6, 6.07) is 7.42. The quantitative estimate of drug-likeness (QED) is 0.715. The van der Waals surface area contributed by atoms with Crippen LogP contribution < -0.4 is 10.9 Å². The lowest BCUT2D eigenvalue weighted by atomic mass is 9.84. The van der Waals surface area contributed by atoms with E-state index < -0.39 is 0 Å². The van der Waals surface area contributed by atoms with E-state index >= 15 is 0 Å². The van der Waals surface area contributed by atoms with Gasteiger partial charge in [-0.3, -0.25) is 9.59 Å². The number of hydrogen-bond donors (Lipinski definition) is 2. The largest absolute Gasteiger partial charge is 0.463 e. The maximum absolute atomic E-state index is 12.7. The van der Waals surface area contributed by atoms with Gasteiger partial charge in [0.05, 0.1) is 5.56 Å². The lowest BCUT2D eigenvalue weighted by molar-refractivity contribution is 0.0950. The Hall–Kier alpha value is -2.82. The molecule has 27 heavy (non-hydrogen) atoms. The zero-order valence-electron chi connectivity index (χ0n) is 16.5. The Morgan fingerprint density at radius 1 is 1.26 bits per heavy atom. The molecular weight excluding hydrogens is 340 g/mol. The second-order valence-corrected chi connectivity index (χ2v) is 8.32. The molecule has 0 aliphatic heterocycles. The first-order valence-electron chi connectivity index (χ1n) is 9.20. The van der Waals surface area contributed by atoms with Crippen molar-refractivity contribution >= 4 is 16.9 Å². The number of aromatic amines is 1. The van der Waals surface area contributed by atoms with E-state index in [1.165, 1.54) is 6.26 Å². The first kappa shape index (κ1) is 19.0. The molecule has 0 fully saturated rings. The Labute approximate surface area is 158 Å². The summed E-state index contributed by atoms with van der Waals surface area (Å²) in [4.78, 5) is 27.7. The maximum atomic E-state index is 12.7. The van der Waals surface area contributed by atoms with Crippen molar-refractivity contribution in [3.63, 3.8) is 0 Å². The van der Waals surface area contributed by atoms with Crippen LogP contribution in [0.1, 0.15) is 50.5 Å². The van der Waals surface area contributed by atoms with Crippen LogP contribution in [-0.2, 0) is 5.41 Å². The number of carbonyl (C=O) groups excluding carboxylic acids is 1. The van der Waals surface area contributed by atoms with Gasteiger partial charge in [0, 0.05) is 29.3 Å². The van der Waals surface area contributed by atoms with Gasteiger partial charge >= 0.3 is 0 Å². The number of pyridine rings is 1. The predicted molar refractivity (Wildman–Crippen MR) is 108 cm³/mol. The van der Waals surface area contributed by atoms with Crippen LogP contribution in [0.4, 0.5) is 0 Å². The average molecular weight is 366 g/mol. The fourth-order valence-electron chi connectivity index (χ4n) is 3.07. The fourth-order valence-corrected chi connectivity index (χ4v) is 3.07. The summed E-state index contributed by atoms with van der Waals surface area (Å²) in [5, 5.41) is 3.66. The minimum Gasteiger partial charge on any atom is -0.463 e. The smallest absolute Gasteiger partial charge is 0.255 e. The number of hydrogen-bond acceptors (Lipinski definition) is 3. The Morgan fingerprint density at radius 3 is 2.63 bits per heavy atom. The molecule has 142 valence electrons. The molecule has 0 unspecified atom stereocenters. The number of benzene rings is 1. The Kier molecular flexibility index (Phi) is 4.96. The van der Waals surface area contributed by atoms with Gasteiger partial charge in [0.25, 0.3) is 11.5 Å². The molecule has 5 heteroatoms. The predicted octanol–water partition coefficient (Wildman–Crippen LogP) is 4.47. The van der Waals surface area contributed by atoms with Gasteiger partial charge in [0.15, 0.2) is 0 Å². The fraction of sp³-hybridized carbons (Fsp3) is 0.364. The highest BCUT2D eigenvalue weighted by molar-refractivity contribution is 6.07. The van der Waals surface area contributed by atoms with Crippen molar-refractivity contribution in [3.05, 3.63) is 58.2 Å². The first-order valence-corrected chi connectivity index (χ1v) is 9.20. The Bertz CT molecular complexity index is 1040. The third-order valence-corrected chi connectivity index (χ3v) is 4.53. The molecule has 2 heterocycles. The summed E-state index contributed by atoms with van der Waals surface area (Å²) in [5.41, 5.74) is 3.11. The maximum Gasteiger partial charge on any atom is 0.255 e. The summed E-state index contributed by atoms with van der Waals surface area (Å²) in [7, 11) is 0. The van der Waals surface area contributed by atoms with Crippen LogP contribution in [0.3, 0.4) is 0 Å². The summed E-state index contributed by atoms with van der Waals surface area (Å²) in [6.45, 7) is 10.9. The standard InChI is InChI=1S/C22H26N2O3/c1-13(2)11-24-21(26)17-12-27-19-16(17)9-14(10-18(19)22(3,4)5)15-7-6-8-23-20(15)25/h6-10,12-13H,11H2,1-5H3,(H,23,25)(H,24,26). The number of rotatable bonds is 4. The summed E-state index contributed by atoms with van der Waals surface area (Å²) in [5.74, 6) is 0.192. The molecule has 0 aliphatic rings. The van der Waals surface area contributed by atoms with E-state index in [0.29, 0.717) is 29.2 Å². The molecule has 0 saturated carbocycles. The van der Waals surface area contributed by atoms with Gasteiger partial charge in [0.2, 0.25) is 0 Å². The molecule has 3 rings (SSSR count). The van der Waals surface area contributed by atoms with E-state index in [1.54, 1.807) is 18.3 Å². The van der Waals surface area contributed by atoms with Gasteiger partial charge in [-0.25, -0.2) is 0 Å². The van der Waals surface area contributed by atoms with E-state index in [-0.39, 0.29) is 16.9 Å². The van der Waals surface area contributed by atoms with Gasteiger partial charge in [-0.1, -0.05) is 34.6 Å². The molecule has 0 spiro atoms. The second-order valence-electron chi connectivity index (χ2n) is 8.32. The monoisotopic (exact) mass is 366 g/mol. The Morgan fingerprint density at radius 2 is 2.00 bits per heavy atom. The number of furan rings is 1. The summed E-state index contributed by atoms with van der Waals surface area (Å²) in [6.07, 6.45) is 3.12. The minimum absolute atomic E-state index is 0.161. The van der Waals surface area contributed by atoms with Gasteiger partial charge in [-0.05, 0) is 41.2 Å². The summed E-state index contributed by atoms with van der Waals surface area (Å²) < 4.78 is 5.81. The van der Waals surface area contributed by atoms with Crippen LogP contribution in [0.25, 0.3) is 22.1 Å². The molecule has 5 nitrogen and oxygen atoms in total. The molecule has 0 saturated heterocycles.